The van der Waals surface area contributed by atoms with Gasteiger partial charge in [0.1, 0.15) is 0 Å². The smallest absolute Gasteiger partial charge is 0.192 e. The predicted octanol–water partition coefficient (Wildman–Crippen LogP) is 5.11. The van der Waals surface area contributed by atoms with Gasteiger partial charge in [0.2, 0.25) is 0 Å². The van der Waals surface area contributed by atoms with E-state index in [0.717, 1.165) is 25.9 Å². The van der Waals surface area contributed by atoms with Crippen LogP contribution in [0.3, 0.4) is 0 Å². The van der Waals surface area contributed by atoms with E-state index in [4.69, 9.17) is 9.16 Å². The van der Waals surface area contributed by atoms with Crippen molar-refractivity contribution >= 4 is 8.32 Å². The fraction of sp³-hybridized carbons (Fsp3) is 0.684. The van der Waals surface area contributed by atoms with Gasteiger partial charge in [-0.1, -0.05) is 50.6 Å². The van der Waals surface area contributed by atoms with Gasteiger partial charge < -0.3 is 9.16 Å². The van der Waals surface area contributed by atoms with Crippen molar-refractivity contribution in [1.82, 2.24) is 0 Å². The topological polar surface area (TPSA) is 18.5 Å². The van der Waals surface area contributed by atoms with Crippen LogP contribution < -0.4 is 0 Å². The van der Waals surface area contributed by atoms with Gasteiger partial charge in [-0.15, -0.1) is 0 Å². The maximum atomic E-state index is 6.47. The second-order valence-electron chi connectivity index (χ2n) is 8.22. The molecule has 0 unspecified atom stereocenters. The van der Waals surface area contributed by atoms with Crippen molar-refractivity contribution in [2.75, 3.05) is 6.61 Å². The molecule has 1 aliphatic heterocycles. The molecule has 0 N–H and O–H groups in total. The van der Waals surface area contributed by atoms with Crippen LogP contribution in [0.1, 0.15) is 44.7 Å². The summed E-state index contributed by atoms with van der Waals surface area (Å²) in [7, 11) is -1.67. The number of rotatable bonds is 4. The van der Waals surface area contributed by atoms with Crippen LogP contribution >= 0.6 is 0 Å². The molecule has 2 rings (SSSR count). The lowest BCUT2D eigenvalue weighted by atomic mass is 10.00. The summed E-state index contributed by atoms with van der Waals surface area (Å²) < 4.78 is 12.6. The average Bonchev–Trinajstić information content (AvgIpc) is 2.42. The largest absolute Gasteiger partial charge is 0.412 e. The Morgan fingerprint density at radius 1 is 1.14 bits per heavy atom. The second kappa shape index (κ2) is 6.86. The first-order chi connectivity index (χ1) is 10.2. The Labute approximate surface area is 137 Å². The SMILES string of the molecule is Cc1ccc(C[C@H]2CC[C@@H](O[Si](C)(C)C(C)(C)C)CO2)cc1. The Morgan fingerprint density at radius 3 is 2.27 bits per heavy atom. The van der Waals surface area contributed by atoms with Crippen molar-refractivity contribution in [3.8, 4) is 0 Å². The van der Waals surface area contributed by atoms with Crippen molar-refractivity contribution in [2.24, 2.45) is 0 Å². The minimum absolute atomic E-state index is 0.270. The number of benzene rings is 1. The van der Waals surface area contributed by atoms with Crippen molar-refractivity contribution in [2.45, 2.75) is 77.3 Å². The molecule has 22 heavy (non-hydrogen) atoms. The van der Waals surface area contributed by atoms with Crippen molar-refractivity contribution in [1.29, 1.82) is 0 Å². The molecule has 2 nitrogen and oxygen atoms in total. The van der Waals surface area contributed by atoms with Crippen molar-refractivity contribution in [3.05, 3.63) is 35.4 Å². The first-order valence-corrected chi connectivity index (χ1v) is 11.4. The summed E-state index contributed by atoms with van der Waals surface area (Å²) in [5.41, 5.74) is 2.69. The Bertz CT molecular complexity index is 465. The molecular formula is C19H32O2Si. The summed E-state index contributed by atoms with van der Waals surface area (Å²) in [5, 5.41) is 0.270. The second-order valence-corrected chi connectivity index (χ2v) is 13.0. The maximum absolute atomic E-state index is 6.47. The number of aryl methyl sites for hydroxylation is 1. The molecule has 1 aromatic rings. The molecule has 0 bridgehead atoms. The maximum Gasteiger partial charge on any atom is 0.192 e. The summed E-state index contributed by atoms with van der Waals surface area (Å²) in [6.07, 6.45) is 3.89. The van der Waals surface area contributed by atoms with Crippen molar-refractivity contribution in [3.63, 3.8) is 0 Å². The third-order valence-corrected chi connectivity index (χ3v) is 9.71. The zero-order valence-electron chi connectivity index (χ0n) is 15.1. The van der Waals surface area contributed by atoms with Gasteiger partial charge in [0.05, 0.1) is 18.8 Å². The van der Waals surface area contributed by atoms with Crippen molar-refractivity contribution < 1.29 is 9.16 Å². The van der Waals surface area contributed by atoms with Crippen LogP contribution in [0, 0.1) is 6.92 Å². The molecular weight excluding hydrogens is 288 g/mol. The van der Waals surface area contributed by atoms with Crippen LogP contribution in [-0.4, -0.2) is 27.1 Å². The summed E-state index contributed by atoms with van der Waals surface area (Å²) in [4.78, 5) is 0. The van der Waals surface area contributed by atoms with Gasteiger partial charge >= 0.3 is 0 Å². The van der Waals surface area contributed by atoms with E-state index in [1.54, 1.807) is 0 Å². The van der Waals surface area contributed by atoms with E-state index in [1.165, 1.54) is 11.1 Å². The molecule has 0 aromatic heterocycles. The molecule has 1 heterocycles. The Morgan fingerprint density at radius 2 is 1.77 bits per heavy atom. The van der Waals surface area contributed by atoms with Gasteiger partial charge in [-0.3, -0.25) is 0 Å². The lowest BCUT2D eigenvalue weighted by Gasteiger charge is -2.41. The standard InChI is InChI=1S/C19H32O2Si/c1-15-7-9-16(10-8-15)13-17-11-12-18(14-20-17)21-22(5,6)19(2,3)4/h7-10,17-18H,11-14H2,1-6H3/t17-,18-/m1/s1. The lowest BCUT2D eigenvalue weighted by molar-refractivity contribution is -0.0494. The highest BCUT2D eigenvalue weighted by Crippen LogP contribution is 2.38. The fourth-order valence-electron chi connectivity index (χ4n) is 2.62. The third kappa shape index (κ3) is 4.67. The van der Waals surface area contributed by atoms with Gasteiger partial charge in [0, 0.05) is 0 Å². The van der Waals surface area contributed by atoms with E-state index >= 15 is 0 Å². The third-order valence-electron chi connectivity index (χ3n) is 5.18. The van der Waals surface area contributed by atoms with Crippen LogP contribution in [0.25, 0.3) is 0 Å². The van der Waals surface area contributed by atoms with Gasteiger partial charge in [-0.05, 0) is 49.9 Å². The zero-order valence-corrected chi connectivity index (χ0v) is 16.1. The molecule has 0 radical (unpaired) electrons. The van der Waals surface area contributed by atoms with Gasteiger partial charge in [0.25, 0.3) is 0 Å². The molecule has 1 aromatic carbocycles. The molecule has 0 saturated carbocycles. The van der Waals surface area contributed by atoms with Gasteiger partial charge in [0.15, 0.2) is 8.32 Å². The highest BCUT2D eigenvalue weighted by molar-refractivity contribution is 6.74. The molecule has 1 aliphatic rings. The quantitative estimate of drug-likeness (QED) is 0.718. The lowest BCUT2D eigenvalue weighted by Crippen LogP contribution is -2.46. The normalized spacial score (nSPS) is 23.5. The van der Waals surface area contributed by atoms with Crippen LogP contribution in [-0.2, 0) is 15.6 Å². The number of hydrogen-bond donors (Lipinski definition) is 0. The molecule has 0 aliphatic carbocycles. The fourth-order valence-corrected chi connectivity index (χ4v) is 3.99. The zero-order chi connectivity index (χ0) is 16.4. The van der Waals surface area contributed by atoms with Crippen LogP contribution in [0.15, 0.2) is 24.3 Å². The van der Waals surface area contributed by atoms with Gasteiger partial charge in [-0.2, -0.15) is 0 Å². The summed E-state index contributed by atoms with van der Waals surface area (Å²) in [6.45, 7) is 14.4. The average molecular weight is 321 g/mol. The summed E-state index contributed by atoms with van der Waals surface area (Å²) in [5.74, 6) is 0. The minimum Gasteiger partial charge on any atom is -0.412 e. The first-order valence-electron chi connectivity index (χ1n) is 8.52. The highest BCUT2D eigenvalue weighted by atomic mass is 28.4. The first kappa shape index (κ1) is 17.7. The Kier molecular flexibility index (Phi) is 5.52. The van der Waals surface area contributed by atoms with Crippen LogP contribution in [0.5, 0.6) is 0 Å². The van der Waals surface area contributed by atoms with E-state index < -0.39 is 8.32 Å². The van der Waals surface area contributed by atoms with E-state index in [1.807, 2.05) is 0 Å². The van der Waals surface area contributed by atoms with Gasteiger partial charge in [-0.25, -0.2) is 0 Å². The molecule has 124 valence electrons. The molecule has 0 spiro atoms. The van der Waals surface area contributed by atoms with E-state index in [0.29, 0.717) is 6.10 Å². The molecule has 0 amide bonds. The minimum atomic E-state index is -1.67. The monoisotopic (exact) mass is 320 g/mol. The Hall–Kier alpha value is -0.643. The highest BCUT2D eigenvalue weighted by Gasteiger charge is 2.40. The predicted molar refractivity (Wildman–Crippen MR) is 95.9 cm³/mol. The van der Waals surface area contributed by atoms with E-state index in [-0.39, 0.29) is 11.1 Å². The number of ether oxygens (including phenoxy) is 1. The summed E-state index contributed by atoms with van der Waals surface area (Å²) in [6, 6.07) is 8.80. The molecule has 1 saturated heterocycles. The van der Waals surface area contributed by atoms with E-state index in [9.17, 15) is 0 Å². The van der Waals surface area contributed by atoms with Crippen LogP contribution in [0.2, 0.25) is 18.1 Å². The summed E-state index contributed by atoms with van der Waals surface area (Å²) >= 11 is 0. The molecule has 2 atom stereocenters. The Balaban J connectivity index is 1.82. The van der Waals surface area contributed by atoms with Crippen LogP contribution in [0.4, 0.5) is 0 Å². The van der Waals surface area contributed by atoms with E-state index in [2.05, 4.69) is 65.1 Å². The molecule has 1 fully saturated rings. The molecule has 3 heteroatoms. The number of hydrogen-bond acceptors (Lipinski definition) is 2.